The second-order valence-corrected chi connectivity index (χ2v) is 6.21. The maximum Gasteiger partial charge on any atom is 0.341 e. The Morgan fingerprint density at radius 3 is 2.50 bits per heavy atom. The van der Waals surface area contributed by atoms with Crippen LogP contribution in [-0.4, -0.2) is 28.7 Å². The van der Waals surface area contributed by atoms with Gasteiger partial charge in [0.25, 0.3) is 5.91 Å². The third kappa shape index (κ3) is 5.49. The Morgan fingerprint density at radius 2 is 1.92 bits per heavy atom. The number of nitriles is 1. The van der Waals surface area contributed by atoms with Crippen LogP contribution in [0.1, 0.15) is 5.56 Å². The van der Waals surface area contributed by atoms with E-state index in [0.717, 1.165) is 0 Å². The van der Waals surface area contributed by atoms with Gasteiger partial charge in [-0.15, -0.1) is 0 Å². The fraction of sp³-hybridized carbons (Fsp3) is 0.0556. The molecule has 0 aromatic heterocycles. The second-order valence-electron chi connectivity index (χ2n) is 5.04. The third-order valence-corrected chi connectivity index (χ3v) is 3.95. The average molecular weight is 464 g/mol. The van der Waals surface area contributed by atoms with Crippen LogP contribution >= 0.6 is 22.6 Å². The van der Waals surface area contributed by atoms with Gasteiger partial charge in [-0.3, -0.25) is 4.79 Å². The van der Waals surface area contributed by atoms with Crippen LogP contribution in [0.15, 0.2) is 48.0 Å². The highest BCUT2D eigenvalue weighted by Crippen LogP contribution is 2.23. The lowest BCUT2D eigenvalue weighted by molar-refractivity contribution is -0.139. The quantitative estimate of drug-likeness (QED) is 0.262. The summed E-state index contributed by atoms with van der Waals surface area (Å²) in [6, 6.07) is 12.6. The summed E-state index contributed by atoms with van der Waals surface area (Å²) in [5.41, 5.74) is 0.934. The normalized spacial score (nSPS) is 10.7. The maximum absolute atomic E-state index is 12.2. The van der Waals surface area contributed by atoms with Crippen molar-refractivity contribution in [2.24, 2.45) is 0 Å². The van der Waals surface area contributed by atoms with Crippen LogP contribution < -0.4 is 10.1 Å². The molecule has 0 atom stereocenters. The van der Waals surface area contributed by atoms with Gasteiger partial charge in [-0.1, -0.05) is 6.07 Å². The maximum atomic E-state index is 12.2. The van der Waals surface area contributed by atoms with Crippen LogP contribution in [-0.2, 0) is 9.59 Å². The number of phenolic OH excluding ortho intramolecular Hbond substituents is 1. The van der Waals surface area contributed by atoms with Gasteiger partial charge >= 0.3 is 5.97 Å². The van der Waals surface area contributed by atoms with E-state index in [9.17, 15) is 20.0 Å². The van der Waals surface area contributed by atoms with Crippen LogP contribution in [0.4, 0.5) is 5.69 Å². The summed E-state index contributed by atoms with van der Waals surface area (Å²) in [4.78, 5) is 22.8. The number of carbonyl (C=O) groups excluding carboxylic acids is 1. The number of hydrogen-bond donors (Lipinski definition) is 3. The van der Waals surface area contributed by atoms with Crippen molar-refractivity contribution >= 4 is 46.2 Å². The molecule has 7 nitrogen and oxygen atoms in total. The molecule has 26 heavy (non-hydrogen) atoms. The van der Waals surface area contributed by atoms with Crippen molar-refractivity contribution in [1.29, 1.82) is 5.26 Å². The Morgan fingerprint density at radius 1 is 1.23 bits per heavy atom. The molecule has 2 rings (SSSR count). The number of nitrogens with zero attached hydrogens (tertiary/aromatic N) is 1. The van der Waals surface area contributed by atoms with Gasteiger partial charge in [-0.2, -0.15) is 5.26 Å². The number of aromatic hydroxyl groups is 1. The molecule has 0 aliphatic rings. The number of rotatable bonds is 6. The van der Waals surface area contributed by atoms with E-state index < -0.39 is 18.5 Å². The molecule has 0 aliphatic heterocycles. The topological polar surface area (TPSA) is 120 Å². The predicted octanol–water partition coefficient (Wildman–Crippen LogP) is 3.01. The number of ether oxygens (including phenoxy) is 1. The van der Waals surface area contributed by atoms with Gasteiger partial charge in [-0.25, -0.2) is 4.79 Å². The standard InChI is InChI=1S/C18H13IN2O5/c19-15-8-11(1-6-16(15)26-10-17(23)24)7-12(9-20)18(25)21-13-2-4-14(22)5-3-13/h1-8,22H,10H2,(H,21,25)(H,23,24)/b12-7+. The summed E-state index contributed by atoms with van der Waals surface area (Å²) in [5, 5.41) is 29.7. The van der Waals surface area contributed by atoms with E-state index in [1.165, 1.54) is 30.3 Å². The Labute approximate surface area is 162 Å². The number of nitrogens with one attached hydrogen (secondary N) is 1. The molecule has 2 aromatic carbocycles. The first kappa shape index (κ1) is 19.3. The van der Waals surface area contributed by atoms with Crippen LogP contribution in [0, 0.1) is 14.9 Å². The fourth-order valence-electron chi connectivity index (χ4n) is 1.92. The van der Waals surface area contributed by atoms with Crippen molar-refractivity contribution in [3.05, 3.63) is 57.2 Å². The molecule has 132 valence electrons. The Balaban J connectivity index is 2.15. The molecule has 0 heterocycles. The number of anilines is 1. The van der Waals surface area contributed by atoms with E-state index in [1.54, 1.807) is 18.2 Å². The van der Waals surface area contributed by atoms with Gasteiger partial charge in [-0.05, 0) is 70.6 Å². The summed E-state index contributed by atoms with van der Waals surface area (Å²) in [6.45, 7) is -0.455. The summed E-state index contributed by atoms with van der Waals surface area (Å²) in [7, 11) is 0. The minimum atomic E-state index is -1.08. The summed E-state index contributed by atoms with van der Waals surface area (Å²) < 4.78 is 5.78. The zero-order chi connectivity index (χ0) is 19.1. The monoisotopic (exact) mass is 464 g/mol. The molecule has 0 radical (unpaired) electrons. The number of carboxylic acid groups (broad SMARTS) is 1. The molecule has 0 unspecified atom stereocenters. The van der Waals surface area contributed by atoms with Crippen molar-refractivity contribution in [2.45, 2.75) is 0 Å². The van der Waals surface area contributed by atoms with Gasteiger partial charge in [0.2, 0.25) is 0 Å². The molecular weight excluding hydrogens is 451 g/mol. The van der Waals surface area contributed by atoms with Gasteiger partial charge < -0.3 is 20.3 Å². The molecule has 0 spiro atoms. The third-order valence-electron chi connectivity index (χ3n) is 3.11. The molecule has 2 aromatic rings. The molecule has 0 bridgehead atoms. The molecule has 3 N–H and O–H groups in total. The molecule has 0 saturated carbocycles. The number of halogens is 1. The van der Waals surface area contributed by atoms with Crippen molar-refractivity contribution < 1.29 is 24.5 Å². The average Bonchev–Trinajstić information content (AvgIpc) is 2.60. The Hall–Kier alpha value is -3.06. The van der Waals surface area contributed by atoms with E-state index in [1.807, 2.05) is 28.7 Å². The van der Waals surface area contributed by atoms with Crippen molar-refractivity contribution in [1.82, 2.24) is 0 Å². The zero-order valence-electron chi connectivity index (χ0n) is 13.3. The van der Waals surface area contributed by atoms with Crippen molar-refractivity contribution in [3.63, 3.8) is 0 Å². The zero-order valence-corrected chi connectivity index (χ0v) is 15.4. The van der Waals surface area contributed by atoms with E-state index in [0.29, 0.717) is 20.6 Å². The van der Waals surface area contributed by atoms with Crippen LogP contribution in [0.2, 0.25) is 0 Å². The first-order valence-electron chi connectivity index (χ1n) is 7.25. The largest absolute Gasteiger partial charge is 0.508 e. The minimum Gasteiger partial charge on any atom is -0.508 e. The number of phenols is 1. The van der Waals surface area contributed by atoms with Crippen LogP contribution in [0.25, 0.3) is 6.08 Å². The number of amides is 1. The summed E-state index contributed by atoms with van der Waals surface area (Å²) in [6.07, 6.45) is 1.42. The predicted molar refractivity (Wildman–Crippen MR) is 103 cm³/mol. The number of aliphatic carboxylic acids is 1. The molecular formula is C18H13IN2O5. The van der Waals surface area contributed by atoms with E-state index >= 15 is 0 Å². The highest BCUT2D eigenvalue weighted by Gasteiger charge is 2.11. The minimum absolute atomic E-state index is 0.0684. The highest BCUT2D eigenvalue weighted by atomic mass is 127. The summed E-state index contributed by atoms with van der Waals surface area (Å²) >= 11 is 1.98. The molecule has 0 fully saturated rings. The van der Waals surface area contributed by atoms with Gasteiger partial charge in [0, 0.05) is 5.69 Å². The van der Waals surface area contributed by atoms with E-state index in [2.05, 4.69) is 5.32 Å². The fourth-order valence-corrected chi connectivity index (χ4v) is 2.62. The van der Waals surface area contributed by atoms with Gasteiger partial charge in [0.1, 0.15) is 23.1 Å². The Bertz CT molecular complexity index is 901. The number of benzene rings is 2. The van der Waals surface area contributed by atoms with Gasteiger partial charge in [0.15, 0.2) is 6.61 Å². The number of carboxylic acids is 1. The van der Waals surface area contributed by atoms with E-state index in [-0.39, 0.29) is 11.3 Å². The number of carbonyl (C=O) groups is 2. The summed E-state index contributed by atoms with van der Waals surface area (Å²) in [5.74, 6) is -1.20. The first-order valence-corrected chi connectivity index (χ1v) is 8.33. The molecule has 0 saturated heterocycles. The smallest absolute Gasteiger partial charge is 0.341 e. The second kappa shape index (κ2) is 8.87. The van der Waals surface area contributed by atoms with Crippen LogP contribution in [0.5, 0.6) is 11.5 Å². The number of hydrogen-bond acceptors (Lipinski definition) is 5. The molecule has 8 heteroatoms. The SMILES string of the molecule is N#C/C(=C\c1ccc(OCC(=O)O)c(I)c1)C(=O)Nc1ccc(O)cc1. The van der Waals surface area contributed by atoms with Crippen molar-refractivity contribution in [2.75, 3.05) is 11.9 Å². The van der Waals surface area contributed by atoms with Crippen molar-refractivity contribution in [3.8, 4) is 17.6 Å². The lowest BCUT2D eigenvalue weighted by Gasteiger charge is -2.07. The molecule has 1 amide bonds. The highest BCUT2D eigenvalue weighted by molar-refractivity contribution is 14.1. The first-order chi connectivity index (χ1) is 12.4. The lowest BCUT2D eigenvalue weighted by atomic mass is 10.1. The molecule has 0 aliphatic carbocycles. The lowest BCUT2D eigenvalue weighted by Crippen LogP contribution is -2.13. The van der Waals surface area contributed by atoms with Gasteiger partial charge in [0.05, 0.1) is 3.57 Å². The Kier molecular flexibility index (Phi) is 6.57. The van der Waals surface area contributed by atoms with Crippen LogP contribution in [0.3, 0.4) is 0 Å². The van der Waals surface area contributed by atoms with E-state index in [4.69, 9.17) is 9.84 Å².